The van der Waals surface area contributed by atoms with Gasteiger partial charge in [-0.15, -0.1) is 0 Å². The fraction of sp³-hybridized carbons (Fsp3) is 0.357. The van der Waals surface area contributed by atoms with Crippen molar-refractivity contribution in [3.63, 3.8) is 0 Å². The zero-order valence-electron chi connectivity index (χ0n) is 11.1. The van der Waals surface area contributed by atoms with Crippen LogP contribution in [0.3, 0.4) is 0 Å². The van der Waals surface area contributed by atoms with Crippen LogP contribution in [0.1, 0.15) is 0 Å². The molecule has 0 radical (unpaired) electrons. The number of ether oxygens (including phenoxy) is 1. The summed E-state index contributed by atoms with van der Waals surface area (Å²) in [5, 5.41) is 17.7. The quantitative estimate of drug-likeness (QED) is 0.726. The molecule has 1 heterocycles. The molecule has 2 N–H and O–H groups in total. The summed E-state index contributed by atoms with van der Waals surface area (Å²) in [5.41, 5.74) is 0. The van der Waals surface area contributed by atoms with Crippen molar-refractivity contribution < 1.29 is 9.84 Å². The molecule has 6 heteroatoms. The monoisotopic (exact) mass is 295 g/mol. The average Bonchev–Trinajstić information content (AvgIpc) is 2.96. The van der Waals surface area contributed by atoms with Gasteiger partial charge in [-0.05, 0) is 30.3 Å². The van der Waals surface area contributed by atoms with Gasteiger partial charge in [0.25, 0.3) is 0 Å². The SMILES string of the molecule is OC(CNCCn1cccn1)COc1ccc(Cl)cc1. The lowest BCUT2D eigenvalue weighted by atomic mass is 10.3. The van der Waals surface area contributed by atoms with Crippen molar-refractivity contribution in [2.75, 3.05) is 19.7 Å². The molecule has 0 saturated carbocycles. The fourth-order valence-corrected chi connectivity index (χ4v) is 1.80. The molecule has 2 rings (SSSR count). The van der Waals surface area contributed by atoms with E-state index in [1.807, 2.05) is 16.9 Å². The Morgan fingerprint density at radius 2 is 2.15 bits per heavy atom. The first-order chi connectivity index (χ1) is 9.74. The number of nitrogens with one attached hydrogen (secondary N) is 1. The Hall–Kier alpha value is -1.56. The molecular formula is C14H18ClN3O2. The number of aliphatic hydroxyl groups excluding tert-OH is 1. The molecule has 1 aromatic heterocycles. The van der Waals surface area contributed by atoms with E-state index in [1.54, 1.807) is 30.5 Å². The Kier molecular flexibility index (Phi) is 5.86. The molecule has 0 aliphatic rings. The third kappa shape index (κ3) is 5.21. The Morgan fingerprint density at radius 3 is 2.85 bits per heavy atom. The molecule has 0 aliphatic carbocycles. The van der Waals surface area contributed by atoms with Crippen LogP contribution in [0, 0.1) is 0 Å². The molecule has 0 spiro atoms. The van der Waals surface area contributed by atoms with Gasteiger partial charge < -0.3 is 15.2 Å². The lowest BCUT2D eigenvalue weighted by Gasteiger charge is -2.13. The zero-order valence-corrected chi connectivity index (χ0v) is 11.8. The van der Waals surface area contributed by atoms with Crippen LogP contribution >= 0.6 is 11.6 Å². The van der Waals surface area contributed by atoms with Crippen molar-refractivity contribution in [2.24, 2.45) is 0 Å². The summed E-state index contributed by atoms with van der Waals surface area (Å²) in [7, 11) is 0. The van der Waals surface area contributed by atoms with Crippen LogP contribution in [-0.2, 0) is 6.54 Å². The molecule has 0 fully saturated rings. The Labute approximate surface area is 123 Å². The topological polar surface area (TPSA) is 59.3 Å². The van der Waals surface area contributed by atoms with Crippen LogP contribution in [-0.4, -0.2) is 40.7 Å². The van der Waals surface area contributed by atoms with E-state index in [0.717, 1.165) is 13.1 Å². The molecular weight excluding hydrogens is 278 g/mol. The predicted octanol–water partition coefficient (Wildman–Crippen LogP) is 1.57. The third-order valence-electron chi connectivity index (χ3n) is 2.71. The van der Waals surface area contributed by atoms with Gasteiger partial charge in [-0.1, -0.05) is 11.6 Å². The number of aromatic nitrogens is 2. The van der Waals surface area contributed by atoms with Gasteiger partial charge in [0, 0.05) is 30.5 Å². The van der Waals surface area contributed by atoms with Crippen molar-refractivity contribution in [3.05, 3.63) is 47.7 Å². The van der Waals surface area contributed by atoms with Crippen LogP contribution in [0.4, 0.5) is 0 Å². The number of hydrogen-bond donors (Lipinski definition) is 2. The summed E-state index contributed by atoms with van der Waals surface area (Å²) >= 11 is 5.78. The first-order valence-electron chi connectivity index (χ1n) is 6.48. The molecule has 0 saturated heterocycles. The highest BCUT2D eigenvalue weighted by Crippen LogP contribution is 2.15. The first kappa shape index (κ1) is 14.8. The van der Waals surface area contributed by atoms with Crippen molar-refractivity contribution in [1.82, 2.24) is 15.1 Å². The predicted molar refractivity (Wildman–Crippen MR) is 78.1 cm³/mol. The number of hydrogen-bond acceptors (Lipinski definition) is 4. The summed E-state index contributed by atoms with van der Waals surface area (Å²) in [6.45, 7) is 2.25. The minimum absolute atomic E-state index is 0.246. The van der Waals surface area contributed by atoms with Crippen molar-refractivity contribution >= 4 is 11.6 Å². The number of benzene rings is 1. The molecule has 108 valence electrons. The minimum Gasteiger partial charge on any atom is -0.491 e. The van der Waals surface area contributed by atoms with Gasteiger partial charge in [0.05, 0.1) is 6.54 Å². The van der Waals surface area contributed by atoms with Crippen LogP contribution in [0.2, 0.25) is 5.02 Å². The van der Waals surface area contributed by atoms with Crippen LogP contribution in [0.15, 0.2) is 42.7 Å². The van der Waals surface area contributed by atoms with Gasteiger partial charge in [-0.25, -0.2) is 0 Å². The van der Waals surface area contributed by atoms with Crippen LogP contribution in [0.5, 0.6) is 5.75 Å². The summed E-state index contributed by atoms with van der Waals surface area (Å²) in [6, 6.07) is 8.95. The maximum absolute atomic E-state index is 9.79. The number of halogens is 1. The third-order valence-corrected chi connectivity index (χ3v) is 2.96. The van der Waals surface area contributed by atoms with Gasteiger partial charge in [0.1, 0.15) is 18.5 Å². The van der Waals surface area contributed by atoms with E-state index in [1.165, 1.54) is 0 Å². The average molecular weight is 296 g/mol. The summed E-state index contributed by atoms with van der Waals surface area (Å²) in [6.07, 6.45) is 3.10. The molecule has 20 heavy (non-hydrogen) atoms. The van der Waals surface area contributed by atoms with E-state index in [-0.39, 0.29) is 6.61 Å². The Balaban J connectivity index is 1.58. The van der Waals surface area contributed by atoms with E-state index in [9.17, 15) is 5.11 Å². The van der Waals surface area contributed by atoms with Crippen molar-refractivity contribution in [3.8, 4) is 5.75 Å². The van der Waals surface area contributed by atoms with E-state index in [0.29, 0.717) is 17.3 Å². The van der Waals surface area contributed by atoms with Gasteiger partial charge in [-0.3, -0.25) is 4.68 Å². The molecule has 1 unspecified atom stereocenters. The van der Waals surface area contributed by atoms with Gasteiger partial charge >= 0.3 is 0 Å². The Bertz CT molecular complexity index is 488. The Morgan fingerprint density at radius 1 is 1.35 bits per heavy atom. The molecule has 1 aromatic carbocycles. The van der Waals surface area contributed by atoms with E-state index in [2.05, 4.69) is 10.4 Å². The molecule has 5 nitrogen and oxygen atoms in total. The molecule has 0 bridgehead atoms. The normalized spacial score (nSPS) is 12.3. The minimum atomic E-state index is -0.553. The number of rotatable bonds is 8. The highest BCUT2D eigenvalue weighted by molar-refractivity contribution is 6.30. The molecule has 0 aliphatic heterocycles. The summed E-state index contributed by atoms with van der Waals surface area (Å²) in [4.78, 5) is 0. The molecule has 2 aromatic rings. The number of nitrogens with zero attached hydrogens (tertiary/aromatic N) is 2. The van der Waals surface area contributed by atoms with Gasteiger partial charge in [0.2, 0.25) is 0 Å². The maximum Gasteiger partial charge on any atom is 0.119 e. The van der Waals surface area contributed by atoms with E-state index >= 15 is 0 Å². The molecule has 0 amide bonds. The lowest BCUT2D eigenvalue weighted by Crippen LogP contribution is -2.33. The second-order valence-corrected chi connectivity index (χ2v) is 4.83. The van der Waals surface area contributed by atoms with Crippen LogP contribution in [0.25, 0.3) is 0 Å². The summed E-state index contributed by atoms with van der Waals surface area (Å²) in [5.74, 6) is 0.699. The van der Waals surface area contributed by atoms with Gasteiger partial charge in [-0.2, -0.15) is 5.10 Å². The highest BCUT2D eigenvalue weighted by Gasteiger charge is 2.04. The lowest BCUT2D eigenvalue weighted by molar-refractivity contribution is 0.106. The standard InChI is InChI=1S/C14H18ClN3O2/c15-12-2-4-14(5-3-12)20-11-13(19)10-16-7-9-18-8-1-6-17-18/h1-6,8,13,16,19H,7,9-11H2. The van der Waals surface area contributed by atoms with Crippen molar-refractivity contribution in [2.45, 2.75) is 12.6 Å². The van der Waals surface area contributed by atoms with E-state index in [4.69, 9.17) is 16.3 Å². The zero-order chi connectivity index (χ0) is 14.2. The summed E-state index contributed by atoms with van der Waals surface area (Å²) < 4.78 is 7.30. The molecule has 1 atom stereocenters. The maximum atomic E-state index is 9.79. The second-order valence-electron chi connectivity index (χ2n) is 4.39. The largest absolute Gasteiger partial charge is 0.491 e. The van der Waals surface area contributed by atoms with E-state index < -0.39 is 6.10 Å². The second kappa shape index (κ2) is 7.89. The smallest absolute Gasteiger partial charge is 0.119 e. The fourth-order valence-electron chi connectivity index (χ4n) is 1.68. The first-order valence-corrected chi connectivity index (χ1v) is 6.86. The van der Waals surface area contributed by atoms with Gasteiger partial charge in [0.15, 0.2) is 0 Å². The number of aliphatic hydroxyl groups is 1. The van der Waals surface area contributed by atoms with Crippen molar-refractivity contribution in [1.29, 1.82) is 0 Å². The van der Waals surface area contributed by atoms with Crippen LogP contribution < -0.4 is 10.1 Å². The highest BCUT2D eigenvalue weighted by atomic mass is 35.5.